The Morgan fingerprint density at radius 2 is 1.82 bits per heavy atom. The molecule has 2 saturated heterocycles. The van der Waals surface area contributed by atoms with Gasteiger partial charge < -0.3 is 10.1 Å². The maximum absolute atomic E-state index is 5.71. The molecule has 0 radical (unpaired) electrons. The fourth-order valence-electron chi connectivity index (χ4n) is 2.96. The quantitative estimate of drug-likeness (QED) is 0.845. The second-order valence-electron chi connectivity index (χ2n) is 5.21. The Morgan fingerprint density at radius 3 is 2.47 bits per heavy atom. The van der Waals surface area contributed by atoms with E-state index in [4.69, 9.17) is 4.74 Å². The molecule has 1 aromatic rings. The van der Waals surface area contributed by atoms with Gasteiger partial charge in [0.2, 0.25) is 0 Å². The Hall–Kier alpha value is -0.860. The molecular weight excluding hydrogens is 210 g/mol. The number of nitrogens with one attached hydrogen (secondary N) is 1. The maximum atomic E-state index is 5.71. The van der Waals surface area contributed by atoms with Crippen LogP contribution in [0.4, 0.5) is 0 Å². The van der Waals surface area contributed by atoms with Crippen LogP contribution in [0.5, 0.6) is 0 Å². The van der Waals surface area contributed by atoms with Crippen molar-refractivity contribution in [3.63, 3.8) is 0 Å². The van der Waals surface area contributed by atoms with Crippen molar-refractivity contribution in [1.82, 2.24) is 5.32 Å². The lowest BCUT2D eigenvalue weighted by Gasteiger charge is -2.23. The van der Waals surface area contributed by atoms with Gasteiger partial charge in [-0.2, -0.15) is 0 Å². The molecule has 17 heavy (non-hydrogen) atoms. The van der Waals surface area contributed by atoms with Crippen LogP contribution in [-0.2, 0) is 4.74 Å². The van der Waals surface area contributed by atoms with Gasteiger partial charge in [-0.1, -0.05) is 24.3 Å². The molecule has 0 aliphatic carbocycles. The summed E-state index contributed by atoms with van der Waals surface area (Å²) in [5.74, 6) is 0.710. The lowest BCUT2D eigenvalue weighted by Crippen LogP contribution is -2.28. The van der Waals surface area contributed by atoms with Crippen molar-refractivity contribution in [2.75, 3.05) is 19.7 Å². The standard InChI is InChI=1S/C15H21NO/c1-3-14(11-16-9-1)12-5-7-13(8-6-12)15-4-2-10-17-15/h5-8,14-16H,1-4,9-11H2. The van der Waals surface area contributed by atoms with Gasteiger partial charge in [0, 0.05) is 13.2 Å². The van der Waals surface area contributed by atoms with E-state index in [-0.39, 0.29) is 0 Å². The second-order valence-corrected chi connectivity index (χ2v) is 5.21. The fourth-order valence-corrected chi connectivity index (χ4v) is 2.96. The Morgan fingerprint density at radius 1 is 1.00 bits per heavy atom. The average molecular weight is 231 g/mol. The third-order valence-corrected chi connectivity index (χ3v) is 4.01. The molecule has 92 valence electrons. The van der Waals surface area contributed by atoms with Crippen molar-refractivity contribution >= 4 is 0 Å². The Kier molecular flexibility index (Phi) is 3.44. The molecule has 2 unspecified atom stereocenters. The van der Waals surface area contributed by atoms with Crippen molar-refractivity contribution < 1.29 is 4.74 Å². The van der Waals surface area contributed by atoms with E-state index in [0.717, 1.165) is 13.2 Å². The molecule has 2 aliphatic heterocycles. The molecule has 2 fully saturated rings. The molecule has 2 heteroatoms. The third-order valence-electron chi connectivity index (χ3n) is 4.01. The number of hydrogen-bond donors (Lipinski definition) is 1. The summed E-state index contributed by atoms with van der Waals surface area (Å²) in [6, 6.07) is 9.13. The number of piperidine rings is 1. The molecule has 0 bridgehead atoms. The topological polar surface area (TPSA) is 21.3 Å². The molecule has 2 atom stereocenters. The summed E-state index contributed by atoms with van der Waals surface area (Å²) >= 11 is 0. The van der Waals surface area contributed by atoms with E-state index in [1.807, 2.05) is 0 Å². The summed E-state index contributed by atoms with van der Waals surface area (Å²) in [5.41, 5.74) is 2.84. The highest BCUT2D eigenvalue weighted by Gasteiger charge is 2.19. The van der Waals surface area contributed by atoms with Gasteiger partial charge >= 0.3 is 0 Å². The van der Waals surface area contributed by atoms with Gasteiger partial charge in [-0.15, -0.1) is 0 Å². The minimum absolute atomic E-state index is 0.355. The summed E-state index contributed by atoms with van der Waals surface area (Å²) in [7, 11) is 0. The van der Waals surface area contributed by atoms with E-state index >= 15 is 0 Å². The summed E-state index contributed by atoms with van der Waals surface area (Å²) in [6.45, 7) is 3.25. The largest absolute Gasteiger partial charge is 0.374 e. The number of benzene rings is 1. The highest BCUT2D eigenvalue weighted by atomic mass is 16.5. The zero-order chi connectivity index (χ0) is 11.5. The van der Waals surface area contributed by atoms with Gasteiger partial charge in [-0.25, -0.2) is 0 Å². The lowest BCUT2D eigenvalue weighted by molar-refractivity contribution is 0.112. The van der Waals surface area contributed by atoms with E-state index in [1.54, 1.807) is 0 Å². The molecule has 0 amide bonds. The van der Waals surface area contributed by atoms with Crippen LogP contribution in [0.1, 0.15) is 48.8 Å². The first-order chi connectivity index (χ1) is 8.43. The predicted molar refractivity (Wildman–Crippen MR) is 69.2 cm³/mol. The monoisotopic (exact) mass is 231 g/mol. The van der Waals surface area contributed by atoms with Gasteiger partial charge in [-0.05, 0) is 49.3 Å². The SMILES string of the molecule is c1cc(C2CCCO2)ccc1C1CCCNC1. The van der Waals surface area contributed by atoms with Crippen LogP contribution in [0.25, 0.3) is 0 Å². The van der Waals surface area contributed by atoms with Crippen LogP contribution < -0.4 is 5.32 Å². The molecular formula is C15H21NO. The van der Waals surface area contributed by atoms with Crippen LogP contribution in [0.2, 0.25) is 0 Å². The van der Waals surface area contributed by atoms with Crippen molar-refractivity contribution in [2.45, 2.75) is 37.7 Å². The lowest BCUT2D eigenvalue weighted by atomic mass is 9.90. The van der Waals surface area contributed by atoms with E-state index < -0.39 is 0 Å². The van der Waals surface area contributed by atoms with Gasteiger partial charge in [-0.3, -0.25) is 0 Å². The number of ether oxygens (including phenoxy) is 1. The van der Waals surface area contributed by atoms with Gasteiger partial charge in [0.25, 0.3) is 0 Å². The van der Waals surface area contributed by atoms with Crippen LogP contribution in [-0.4, -0.2) is 19.7 Å². The number of hydrogen-bond acceptors (Lipinski definition) is 2. The van der Waals surface area contributed by atoms with Crippen LogP contribution >= 0.6 is 0 Å². The van der Waals surface area contributed by atoms with Crippen LogP contribution in [0.15, 0.2) is 24.3 Å². The second kappa shape index (κ2) is 5.19. The first-order valence-electron chi connectivity index (χ1n) is 6.85. The van der Waals surface area contributed by atoms with Gasteiger partial charge in [0.05, 0.1) is 6.10 Å². The molecule has 2 heterocycles. The summed E-state index contributed by atoms with van der Waals surface area (Å²) in [4.78, 5) is 0. The Balaban J connectivity index is 1.70. The molecule has 1 aromatic carbocycles. The van der Waals surface area contributed by atoms with E-state index in [9.17, 15) is 0 Å². The van der Waals surface area contributed by atoms with E-state index in [2.05, 4.69) is 29.6 Å². The first kappa shape index (κ1) is 11.2. The minimum atomic E-state index is 0.355. The van der Waals surface area contributed by atoms with Crippen molar-refractivity contribution in [3.8, 4) is 0 Å². The molecule has 0 spiro atoms. The average Bonchev–Trinajstić information content (AvgIpc) is 2.94. The molecule has 2 aliphatic rings. The normalized spacial score (nSPS) is 29.4. The maximum Gasteiger partial charge on any atom is 0.0825 e. The summed E-state index contributed by atoms with van der Waals surface area (Å²) in [6.07, 6.45) is 5.38. The predicted octanol–water partition coefficient (Wildman–Crippen LogP) is 3.01. The van der Waals surface area contributed by atoms with Crippen LogP contribution in [0.3, 0.4) is 0 Å². The highest BCUT2D eigenvalue weighted by Crippen LogP contribution is 2.30. The zero-order valence-electron chi connectivity index (χ0n) is 10.3. The van der Waals surface area contributed by atoms with E-state index in [1.165, 1.54) is 43.4 Å². The summed E-state index contributed by atoms with van der Waals surface area (Å²) in [5, 5.41) is 3.48. The molecule has 1 N–H and O–H groups in total. The molecule has 2 nitrogen and oxygen atoms in total. The molecule has 0 aromatic heterocycles. The van der Waals surface area contributed by atoms with Gasteiger partial charge in [0.1, 0.15) is 0 Å². The van der Waals surface area contributed by atoms with E-state index in [0.29, 0.717) is 12.0 Å². The smallest absolute Gasteiger partial charge is 0.0825 e. The van der Waals surface area contributed by atoms with Crippen molar-refractivity contribution in [1.29, 1.82) is 0 Å². The molecule has 3 rings (SSSR count). The van der Waals surface area contributed by atoms with Crippen molar-refractivity contribution in [2.24, 2.45) is 0 Å². The van der Waals surface area contributed by atoms with Gasteiger partial charge in [0.15, 0.2) is 0 Å². The Labute approximate surface area is 103 Å². The third kappa shape index (κ3) is 2.53. The zero-order valence-corrected chi connectivity index (χ0v) is 10.3. The fraction of sp³-hybridized carbons (Fsp3) is 0.600. The highest BCUT2D eigenvalue weighted by molar-refractivity contribution is 5.27. The van der Waals surface area contributed by atoms with Crippen molar-refractivity contribution in [3.05, 3.63) is 35.4 Å². The minimum Gasteiger partial charge on any atom is -0.374 e. The van der Waals surface area contributed by atoms with Crippen LogP contribution in [0, 0.1) is 0 Å². The number of rotatable bonds is 2. The molecule has 0 saturated carbocycles. The first-order valence-corrected chi connectivity index (χ1v) is 6.85. The Bertz CT molecular complexity index is 348. The summed E-state index contributed by atoms with van der Waals surface area (Å²) < 4.78 is 5.71.